The predicted octanol–water partition coefficient (Wildman–Crippen LogP) is 3.64. The number of carbonyl (C=O) groups excluding carboxylic acids is 1. The summed E-state index contributed by atoms with van der Waals surface area (Å²) in [4.78, 5) is 15.5. The predicted molar refractivity (Wildman–Crippen MR) is 79.4 cm³/mol. The summed E-state index contributed by atoms with van der Waals surface area (Å²) < 4.78 is 5.36. The fraction of sp³-hybridized carbons (Fsp3) is 0.467. The van der Waals surface area contributed by atoms with E-state index >= 15 is 0 Å². The number of rotatable bonds is 1. The molecule has 0 aromatic carbocycles. The molecule has 0 bridgehead atoms. The highest BCUT2D eigenvalue weighted by Crippen LogP contribution is 2.28. The van der Waals surface area contributed by atoms with Crippen LogP contribution in [0.1, 0.15) is 36.9 Å². The van der Waals surface area contributed by atoms with E-state index in [1.165, 1.54) is 16.9 Å². The minimum Gasteiger partial charge on any atom is -0.444 e. The number of hydrogen-bond acceptors (Lipinski definition) is 4. The summed E-state index contributed by atoms with van der Waals surface area (Å²) in [5, 5.41) is 8.84. The Morgan fingerprint density at radius 2 is 2.20 bits per heavy atom. The van der Waals surface area contributed by atoms with Gasteiger partial charge in [-0.05, 0) is 44.9 Å². The van der Waals surface area contributed by atoms with E-state index in [9.17, 15) is 4.79 Å². The third-order valence-electron chi connectivity index (χ3n) is 2.89. The highest BCUT2D eigenvalue weighted by Gasteiger charge is 2.24. The first kappa shape index (κ1) is 14.6. The molecule has 0 saturated heterocycles. The second-order valence-corrected chi connectivity index (χ2v) is 6.77. The number of nitriles is 1. The Balaban J connectivity index is 2.00. The molecule has 20 heavy (non-hydrogen) atoms. The average Bonchev–Trinajstić information content (AvgIpc) is 2.85. The first-order chi connectivity index (χ1) is 9.39. The van der Waals surface area contributed by atoms with Gasteiger partial charge >= 0.3 is 6.09 Å². The molecule has 5 heteroatoms. The van der Waals surface area contributed by atoms with E-state index in [1.54, 1.807) is 4.90 Å². The lowest BCUT2D eigenvalue weighted by atomic mass is 10.1. The number of carbonyl (C=O) groups is 1. The van der Waals surface area contributed by atoms with Gasteiger partial charge in [-0.25, -0.2) is 4.79 Å². The Morgan fingerprint density at radius 1 is 1.45 bits per heavy atom. The molecule has 1 amide bonds. The maximum absolute atomic E-state index is 11.9. The van der Waals surface area contributed by atoms with Gasteiger partial charge in [-0.3, -0.25) is 0 Å². The fourth-order valence-corrected chi connectivity index (χ4v) is 2.83. The normalized spacial score (nSPS) is 15.5. The van der Waals surface area contributed by atoms with Crippen LogP contribution in [0.4, 0.5) is 4.79 Å². The van der Waals surface area contributed by atoms with Gasteiger partial charge in [0.25, 0.3) is 0 Å². The summed E-state index contributed by atoms with van der Waals surface area (Å²) in [5.74, 6) is 0. The lowest BCUT2D eigenvalue weighted by molar-refractivity contribution is 0.0270. The van der Waals surface area contributed by atoms with Gasteiger partial charge < -0.3 is 9.64 Å². The van der Waals surface area contributed by atoms with Gasteiger partial charge in [0.15, 0.2) is 0 Å². The smallest absolute Gasteiger partial charge is 0.410 e. The lowest BCUT2D eigenvalue weighted by Crippen LogP contribution is -2.39. The lowest BCUT2D eigenvalue weighted by Gasteiger charge is -2.29. The Morgan fingerprint density at radius 3 is 2.70 bits per heavy atom. The van der Waals surface area contributed by atoms with Gasteiger partial charge in [-0.15, -0.1) is 11.3 Å². The van der Waals surface area contributed by atoms with Gasteiger partial charge in [0.2, 0.25) is 0 Å². The summed E-state index contributed by atoms with van der Waals surface area (Å²) in [6, 6.07) is 5.95. The van der Waals surface area contributed by atoms with E-state index in [0.717, 1.165) is 16.2 Å². The molecule has 0 N–H and O–H groups in total. The van der Waals surface area contributed by atoms with Crippen molar-refractivity contribution in [3.63, 3.8) is 0 Å². The summed E-state index contributed by atoms with van der Waals surface area (Å²) >= 11 is 1.49. The fourth-order valence-electron chi connectivity index (χ4n) is 1.96. The van der Waals surface area contributed by atoms with Crippen LogP contribution in [0.2, 0.25) is 0 Å². The Bertz CT molecular complexity index is 575. The third-order valence-corrected chi connectivity index (χ3v) is 3.96. The molecule has 0 aliphatic carbocycles. The molecule has 0 spiro atoms. The molecule has 0 saturated carbocycles. The number of nitrogens with zero attached hydrogens (tertiary/aromatic N) is 2. The van der Waals surface area contributed by atoms with Crippen LogP contribution in [0.3, 0.4) is 0 Å². The van der Waals surface area contributed by atoms with Crippen LogP contribution in [0.5, 0.6) is 0 Å². The van der Waals surface area contributed by atoms with Crippen LogP contribution >= 0.6 is 11.3 Å². The molecule has 106 valence electrons. The molecule has 1 aliphatic rings. The average molecular weight is 290 g/mol. The van der Waals surface area contributed by atoms with Crippen LogP contribution in [0, 0.1) is 11.3 Å². The van der Waals surface area contributed by atoms with Crippen molar-refractivity contribution >= 4 is 23.0 Å². The van der Waals surface area contributed by atoms with Crippen molar-refractivity contribution in [1.29, 1.82) is 5.26 Å². The number of amides is 1. The second kappa shape index (κ2) is 5.68. The highest BCUT2D eigenvalue weighted by atomic mass is 32.1. The quantitative estimate of drug-likeness (QED) is 0.793. The topological polar surface area (TPSA) is 53.3 Å². The van der Waals surface area contributed by atoms with Crippen LogP contribution in [0.25, 0.3) is 5.57 Å². The van der Waals surface area contributed by atoms with Crippen molar-refractivity contribution in [1.82, 2.24) is 4.90 Å². The second-order valence-electron chi connectivity index (χ2n) is 5.68. The number of hydrogen-bond donors (Lipinski definition) is 0. The number of thiophene rings is 1. The number of ether oxygens (including phenoxy) is 1. The standard InChI is InChI=1S/C15H18N2O2S/c1-15(2,3)19-14(18)17-8-6-11(7-9-17)13-5-4-12(10-16)20-13/h4-6H,7-9H2,1-3H3. The van der Waals surface area contributed by atoms with E-state index in [1.807, 2.05) is 39.0 Å². The Hall–Kier alpha value is -1.80. The minimum absolute atomic E-state index is 0.267. The molecule has 2 heterocycles. The van der Waals surface area contributed by atoms with Gasteiger partial charge in [0, 0.05) is 18.0 Å². The molecular weight excluding hydrogens is 272 g/mol. The van der Waals surface area contributed by atoms with Crippen LogP contribution < -0.4 is 0 Å². The molecule has 1 aromatic heterocycles. The van der Waals surface area contributed by atoms with Crippen LogP contribution in [0.15, 0.2) is 18.2 Å². The molecule has 1 aliphatic heterocycles. The van der Waals surface area contributed by atoms with Crippen molar-refractivity contribution in [3.05, 3.63) is 28.0 Å². The van der Waals surface area contributed by atoms with E-state index in [-0.39, 0.29) is 6.09 Å². The molecule has 0 fully saturated rings. The van der Waals surface area contributed by atoms with Gasteiger partial charge in [-0.1, -0.05) is 6.08 Å². The zero-order valence-electron chi connectivity index (χ0n) is 12.0. The molecule has 1 aromatic rings. The SMILES string of the molecule is CC(C)(C)OC(=O)N1CC=C(c2ccc(C#N)s2)CC1. The molecule has 0 atom stereocenters. The highest BCUT2D eigenvalue weighted by molar-refractivity contribution is 7.13. The van der Waals surface area contributed by atoms with Crippen molar-refractivity contribution in [2.45, 2.75) is 32.8 Å². The summed E-state index contributed by atoms with van der Waals surface area (Å²) in [5.41, 5.74) is 0.743. The zero-order valence-corrected chi connectivity index (χ0v) is 12.8. The largest absolute Gasteiger partial charge is 0.444 e. The van der Waals surface area contributed by atoms with Crippen molar-refractivity contribution in [2.24, 2.45) is 0 Å². The molecule has 0 radical (unpaired) electrons. The third kappa shape index (κ3) is 3.61. The molecule has 4 nitrogen and oxygen atoms in total. The summed E-state index contributed by atoms with van der Waals surface area (Å²) in [6.07, 6.45) is 2.57. The van der Waals surface area contributed by atoms with Crippen LogP contribution in [-0.4, -0.2) is 29.7 Å². The van der Waals surface area contributed by atoms with Gasteiger partial charge in [-0.2, -0.15) is 5.26 Å². The summed E-state index contributed by atoms with van der Waals surface area (Å²) in [6.45, 7) is 6.81. The van der Waals surface area contributed by atoms with E-state index in [2.05, 4.69) is 6.07 Å². The summed E-state index contributed by atoms with van der Waals surface area (Å²) in [7, 11) is 0. The van der Waals surface area contributed by atoms with E-state index in [0.29, 0.717) is 13.1 Å². The van der Waals surface area contributed by atoms with Crippen molar-refractivity contribution in [2.75, 3.05) is 13.1 Å². The van der Waals surface area contributed by atoms with E-state index < -0.39 is 5.60 Å². The monoisotopic (exact) mass is 290 g/mol. The molecule has 0 unspecified atom stereocenters. The van der Waals surface area contributed by atoms with Crippen molar-refractivity contribution in [3.8, 4) is 6.07 Å². The maximum Gasteiger partial charge on any atom is 0.410 e. The first-order valence-corrected chi connectivity index (χ1v) is 7.38. The Labute approximate surface area is 123 Å². The Kier molecular flexibility index (Phi) is 4.15. The minimum atomic E-state index is -0.462. The maximum atomic E-state index is 11.9. The van der Waals surface area contributed by atoms with E-state index in [4.69, 9.17) is 10.00 Å². The van der Waals surface area contributed by atoms with Crippen molar-refractivity contribution < 1.29 is 9.53 Å². The van der Waals surface area contributed by atoms with Gasteiger partial charge in [0.05, 0.1) is 0 Å². The van der Waals surface area contributed by atoms with Crippen LogP contribution in [-0.2, 0) is 4.74 Å². The first-order valence-electron chi connectivity index (χ1n) is 6.56. The zero-order chi connectivity index (χ0) is 14.8. The molecular formula is C15H18N2O2S. The molecule has 2 rings (SSSR count). The van der Waals surface area contributed by atoms with Gasteiger partial charge in [0.1, 0.15) is 16.5 Å².